The molecule has 13 N–H and O–H groups in total. The first-order chi connectivity index (χ1) is 1.73. The molecule has 0 radical (unpaired) electrons. The molecular formula is H13NNdO9. The first-order valence-corrected chi connectivity index (χ1v) is 0.565. The molecule has 11 heavy (non-hydrogen) atoms. The summed E-state index contributed by atoms with van der Waals surface area (Å²) in [5.74, 6) is 0. The third-order valence-corrected chi connectivity index (χ3v) is 0. The summed E-state index contributed by atoms with van der Waals surface area (Å²) in [6.45, 7) is 0. The fourth-order valence-electron chi connectivity index (χ4n) is 0. The van der Waals surface area contributed by atoms with E-state index in [0.717, 1.165) is 0 Å². The van der Waals surface area contributed by atoms with Gasteiger partial charge < -0.3 is 38.1 Å². The second-order valence-corrected chi connectivity index (χ2v) is 0.238. The minimum absolute atomic E-state index is 0. The van der Waals surface area contributed by atoms with Gasteiger partial charge in [-0.25, -0.2) is 0 Å². The van der Waals surface area contributed by atoms with Gasteiger partial charge >= 0.3 is 0 Å². The van der Waals surface area contributed by atoms with E-state index in [1.807, 2.05) is 0 Å². The van der Waals surface area contributed by atoms with Crippen molar-refractivity contribution >= 4 is 0 Å². The summed E-state index contributed by atoms with van der Waals surface area (Å²) in [6, 6.07) is 0. The van der Waals surface area contributed by atoms with E-state index in [4.69, 9.17) is 15.3 Å². The Bertz CT molecular complexity index is 32.5. The van der Waals surface area contributed by atoms with Crippen LogP contribution >= 0.6 is 0 Å². The summed E-state index contributed by atoms with van der Waals surface area (Å²) < 4.78 is 0. The largest absolute Gasteiger partial charge is 0.412 e. The zero-order valence-corrected chi connectivity index (χ0v) is 8.42. The summed E-state index contributed by atoms with van der Waals surface area (Å²) in [5, 5.41) is 13.6. The molecule has 0 atom stereocenters. The summed E-state index contributed by atoms with van der Waals surface area (Å²) in [7, 11) is 0. The van der Waals surface area contributed by atoms with Gasteiger partial charge in [0.05, 0.1) is 0 Å². The SMILES string of the molecule is O.O.O.O.O.O.O=[N+]([O-])O.[Nd]. The fraction of sp³-hybridized carbons (Fsp3) is 0. The second kappa shape index (κ2) is 81.5. The fourth-order valence-corrected chi connectivity index (χ4v) is 0. The van der Waals surface area contributed by atoms with Gasteiger partial charge in [-0.2, -0.15) is 0 Å². The van der Waals surface area contributed by atoms with Crippen molar-refractivity contribution in [1.82, 2.24) is 0 Å². The molecule has 0 amide bonds. The van der Waals surface area contributed by atoms with Gasteiger partial charge in [-0.05, 0) is 0 Å². The van der Waals surface area contributed by atoms with Gasteiger partial charge in [0, 0.05) is 40.8 Å². The molecule has 0 heterocycles. The predicted octanol–water partition coefficient (Wildman–Crippen LogP) is -5.30. The standard InChI is InChI=1S/HNO3.Nd.6H2O/c2-1(3)4;;;;;;;/h(H,2,3,4);;6*1H2. The van der Waals surface area contributed by atoms with Gasteiger partial charge in [0.25, 0.3) is 5.09 Å². The zero-order valence-electron chi connectivity index (χ0n) is 5.21. The molecule has 0 bridgehead atoms. The van der Waals surface area contributed by atoms with Gasteiger partial charge in [0.1, 0.15) is 0 Å². The number of hydrogen-bond acceptors (Lipinski definition) is 2. The molecule has 0 fully saturated rings. The molecule has 11 heteroatoms. The Morgan fingerprint density at radius 2 is 0.909 bits per heavy atom. The van der Waals surface area contributed by atoms with Crippen LogP contribution in [0.4, 0.5) is 0 Å². The van der Waals surface area contributed by atoms with E-state index in [9.17, 15) is 0 Å². The van der Waals surface area contributed by atoms with Crippen molar-refractivity contribution in [3.05, 3.63) is 10.1 Å². The van der Waals surface area contributed by atoms with Crippen LogP contribution in [0.2, 0.25) is 0 Å². The zero-order chi connectivity index (χ0) is 3.58. The van der Waals surface area contributed by atoms with Crippen LogP contribution in [0, 0.1) is 51.0 Å². The monoisotopic (exact) mass is 313 g/mol. The van der Waals surface area contributed by atoms with Gasteiger partial charge in [-0.3, -0.25) is 0 Å². The molecule has 0 aromatic carbocycles. The molecule has 0 saturated carbocycles. The van der Waals surface area contributed by atoms with Crippen molar-refractivity contribution in [2.75, 3.05) is 0 Å². The van der Waals surface area contributed by atoms with E-state index in [-0.39, 0.29) is 73.7 Å². The Balaban J connectivity index is -0.00000000214. The summed E-state index contributed by atoms with van der Waals surface area (Å²) >= 11 is 0. The van der Waals surface area contributed by atoms with E-state index in [2.05, 4.69) is 0 Å². The first kappa shape index (κ1) is 110. The van der Waals surface area contributed by atoms with E-state index >= 15 is 0 Å². The molecule has 0 aromatic heterocycles. The molecule has 10 nitrogen and oxygen atoms in total. The van der Waals surface area contributed by atoms with E-state index in [1.54, 1.807) is 0 Å². The molecule has 76 valence electrons. The normalized spacial score (nSPS) is 2.18. The molecule has 0 aliphatic heterocycles. The van der Waals surface area contributed by atoms with Crippen molar-refractivity contribution in [2.45, 2.75) is 0 Å². The Hall–Kier alpha value is 0.311. The molecule has 0 aliphatic rings. The Morgan fingerprint density at radius 3 is 0.909 bits per heavy atom. The van der Waals surface area contributed by atoms with Crippen LogP contribution in [-0.4, -0.2) is 43.2 Å². The van der Waals surface area contributed by atoms with E-state index in [0.29, 0.717) is 0 Å². The van der Waals surface area contributed by atoms with Crippen LogP contribution in [0.15, 0.2) is 0 Å². The second-order valence-electron chi connectivity index (χ2n) is 0.238. The van der Waals surface area contributed by atoms with Crippen molar-refractivity contribution in [3.8, 4) is 0 Å². The first-order valence-electron chi connectivity index (χ1n) is 0.565. The average molecular weight is 315 g/mol. The summed E-state index contributed by atoms with van der Waals surface area (Å²) in [5.41, 5.74) is 0. The van der Waals surface area contributed by atoms with Crippen molar-refractivity contribution in [2.24, 2.45) is 0 Å². The number of hydrogen-bond donors (Lipinski definition) is 1. The van der Waals surface area contributed by atoms with Crippen molar-refractivity contribution < 1.29 is 84.0 Å². The van der Waals surface area contributed by atoms with Crippen LogP contribution in [0.5, 0.6) is 0 Å². The Labute approximate surface area is 93.7 Å². The maximum absolute atomic E-state index is 8.36. The number of rotatable bonds is 0. The Kier molecular flexibility index (Phi) is 813. The molecule has 0 spiro atoms. The van der Waals surface area contributed by atoms with Gasteiger partial charge in [-0.1, -0.05) is 0 Å². The van der Waals surface area contributed by atoms with Crippen LogP contribution in [0.1, 0.15) is 0 Å². The predicted molar refractivity (Wildman–Crippen MR) is 30.5 cm³/mol. The number of nitrogens with zero attached hydrogens (tertiary/aromatic N) is 1. The Morgan fingerprint density at radius 1 is 0.909 bits per heavy atom. The van der Waals surface area contributed by atoms with Crippen LogP contribution in [0.3, 0.4) is 0 Å². The molecule has 0 saturated heterocycles. The average Bonchev–Trinajstić information content (AvgIpc) is 0.811. The minimum atomic E-state index is -1.50. The summed E-state index contributed by atoms with van der Waals surface area (Å²) in [6.07, 6.45) is 0. The molecule has 0 unspecified atom stereocenters. The minimum Gasteiger partial charge on any atom is -0.412 e. The smallest absolute Gasteiger partial charge is 0.291 e. The maximum Gasteiger partial charge on any atom is 0.291 e. The van der Waals surface area contributed by atoms with Crippen LogP contribution < -0.4 is 0 Å². The van der Waals surface area contributed by atoms with Gasteiger partial charge in [0.15, 0.2) is 0 Å². The van der Waals surface area contributed by atoms with E-state index < -0.39 is 5.09 Å². The van der Waals surface area contributed by atoms with Gasteiger partial charge in [0.2, 0.25) is 0 Å². The quantitative estimate of drug-likeness (QED) is 0.339. The molecule has 0 aliphatic carbocycles. The summed E-state index contributed by atoms with van der Waals surface area (Å²) in [4.78, 5) is 8.36. The molecule has 0 aromatic rings. The van der Waals surface area contributed by atoms with Crippen LogP contribution in [0.25, 0.3) is 0 Å². The van der Waals surface area contributed by atoms with Crippen molar-refractivity contribution in [1.29, 1.82) is 0 Å². The molecule has 0 rings (SSSR count). The van der Waals surface area contributed by atoms with Crippen LogP contribution in [-0.2, 0) is 0 Å². The van der Waals surface area contributed by atoms with Gasteiger partial charge in [-0.15, -0.1) is 10.1 Å². The third kappa shape index (κ3) is 7380. The third-order valence-electron chi connectivity index (χ3n) is 0. The maximum atomic E-state index is 8.36. The van der Waals surface area contributed by atoms with E-state index in [1.165, 1.54) is 0 Å². The van der Waals surface area contributed by atoms with Crippen molar-refractivity contribution in [3.63, 3.8) is 0 Å². The topological polar surface area (TPSA) is 252 Å². The molecular weight excluding hydrogens is 302 g/mol.